The Kier molecular flexibility index (Phi) is 4.45. The summed E-state index contributed by atoms with van der Waals surface area (Å²) in [7, 11) is 0. The lowest BCUT2D eigenvalue weighted by molar-refractivity contribution is -0.162. The first-order chi connectivity index (χ1) is 12.2. The van der Waals surface area contributed by atoms with Crippen molar-refractivity contribution in [3.8, 4) is 0 Å². The number of likely N-dealkylation sites (tertiary alicyclic amines) is 1. The lowest BCUT2D eigenvalue weighted by Gasteiger charge is -2.31. The SMILES string of the molecule is O=C1[C@H]2O[C@@H](CN1Cc1ccccc1)O[C@H]2C(=O)N1CCC[C@H]1CO. The van der Waals surface area contributed by atoms with E-state index < -0.39 is 18.5 Å². The van der Waals surface area contributed by atoms with Gasteiger partial charge >= 0.3 is 0 Å². The van der Waals surface area contributed by atoms with Gasteiger partial charge in [-0.3, -0.25) is 9.59 Å². The van der Waals surface area contributed by atoms with Crippen molar-refractivity contribution in [2.24, 2.45) is 0 Å². The Hall–Kier alpha value is -1.96. The van der Waals surface area contributed by atoms with Gasteiger partial charge in [-0.05, 0) is 18.4 Å². The number of nitrogens with zero attached hydrogens (tertiary/aromatic N) is 2. The van der Waals surface area contributed by atoms with Crippen LogP contribution in [0, 0.1) is 0 Å². The molecular weight excluding hydrogens is 324 g/mol. The highest BCUT2D eigenvalue weighted by atomic mass is 16.7. The lowest BCUT2D eigenvalue weighted by atomic mass is 10.1. The van der Waals surface area contributed by atoms with E-state index in [-0.39, 0.29) is 24.5 Å². The maximum Gasteiger partial charge on any atom is 0.255 e. The van der Waals surface area contributed by atoms with E-state index in [1.54, 1.807) is 9.80 Å². The molecule has 0 radical (unpaired) electrons. The molecule has 1 N–H and O–H groups in total. The smallest absolute Gasteiger partial charge is 0.255 e. The molecule has 3 saturated heterocycles. The topological polar surface area (TPSA) is 79.3 Å². The van der Waals surface area contributed by atoms with E-state index in [9.17, 15) is 14.7 Å². The Morgan fingerprint density at radius 3 is 2.80 bits per heavy atom. The van der Waals surface area contributed by atoms with E-state index in [1.807, 2.05) is 30.3 Å². The summed E-state index contributed by atoms with van der Waals surface area (Å²) in [5, 5.41) is 9.43. The van der Waals surface area contributed by atoms with Crippen molar-refractivity contribution >= 4 is 11.8 Å². The second kappa shape index (κ2) is 6.74. The van der Waals surface area contributed by atoms with Gasteiger partial charge in [-0.1, -0.05) is 30.3 Å². The van der Waals surface area contributed by atoms with Crippen molar-refractivity contribution < 1.29 is 24.2 Å². The number of aliphatic hydroxyl groups excluding tert-OH is 1. The van der Waals surface area contributed by atoms with Gasteiger partial charge in [0.1, 0.15) is 0 Å². The highest BCUT2D eigenvalue weighted by Crippen LogP contribution is 2.30. The zero-order valence-electron chi connectivity index (χ0n) is 13.9. The molecule has 7 heteroatoms. The van der Waals surface area contributed by atoms with Gasteiger partial charge in [-0.25, -0.2) is 0 Å². The second-order valence-electron chi connectivity index (χ2n) is 6.76. The largest absolute Gasteiger partial charge is 0.394 e. The van der Waals surface area contributed by atoms with Crippen LogP contribution in [0.3, 0.4) is 0 Å². The minimum Gasteiger partial charge on any atom is -0.394 e. The van der Waals surface area contributed by atoms with Crippen LogP contribution >= 0.6 is 0 Å². The Morgan fingerprint density at radius 2 is 2.04 bits per heavy atom. The van der Waals surface area contributed by atoms with Crippen molar-refractivity contribution in [1.82, 2.24) is 9.80 Å². The third-order valence-electron chi connectivity index (χ3n) is 5.13. The van der Waals surface area contributed by atoms with Gasteiger partial charge in [0, 0.05) is 13.1 Å². The zero-order valence-corrected chi connectivity index (χ0v) is 13.9. The summed E-state index contributed by atoms with van der Waals surface area (Å²) in [5.74, 6) is -0.463. The van der Waals surface area contributed by atoms with Crippen molar-refractivity contribution in [1.29, 1.82) is 0 Å². The Bertz CT molecular complexity index is 652. The van der Waals surface area contributed by atoms with Crippen LogP contribution in [0.5, 0.6) is 0 Å². The molecule has 2 amide bonds. The number of carbonyl (C=O) groups is 2. The molecule has 1 aromatic rings. The molecule has 3 aliphatic heterocycles. The molecule has 0 spiro atoms. The number of rotatable bonds is 4. The quantitative estimate of drug-likeness (QED) is 0.838. The van der Waals surface area contributed by atoms with Crippen LogP contribution in [0.15, 0.2) is 30.3 Å². The van der Waals surface area contributed by atoms with Crippen molar-refractivity contribution in [2.75, 3.05) is 19.7 Å². The van der Waals surface area contributed by atoms with Crippen LogP contribution < -0.4 is 0 Å². The minimum absolute atomic E-state index is 0.0680. The number of hydrogen-bond acceptors (Lipinski definition) is 5. The van der Waals surface area contributed by atoms with Crippen LogP contribution in [0.25, 0.3) is 0 Å². The van der Waals surface area contributed by atoms with Crippen molar-refractivity contribution in [3.05, 3.63) is 35.9 Å². The average Bonchev–Trinajstić information content (AvgIpc) is 3.25. The predicted octanol–water partition coefficient (Wildman–Crippen LogP) is 0.122. The number of ether oxygens (including phenoxy) is 2. The number of aliphatic hydroxyl groups is 1. The first-order valence-electron chi connectivity index (χ1n) is 8.72. The second-order valence-corrected chi connectivity index (χ2v) is 6.76. The number of fused-ring (bicyclic) bond motifs is 2. The third-order valence-corrected chi connectivity index (χ3v) is 5.13. The normalized spacial score (nSPS) is 31.6. The van der Waals surface area contributed by atoms with Gasteiger partial charge in [-0.15, -0.1) is 0 Å². The molecule has 0 unspecified atom stereocenters. The van der Waals surface area contributed by atoms with E-state index in [0.717, 1.165) is 18.4 Å². The number of hydrogen-bond donors (Lipinski definition) is 1. The van der Waals surface area contributed by atoms with Crippen molar-refractivity contribution in [2.45, 2.75) is 43.9 Å². The molecular formula is C18H22N2O5. The summed E-state index contributed by atoms with van der Waals surface area (Å²) >= 11 is 0. The van der Waals surface area contributed by atoms with Crippen molar-refractivity contribution in [3.63, 3.8) is 0 Å². The maximum atomic E-state index is 12.8. The minimum atomic E-state index is -0.912. The molecule has 134 valence electrons. The van der Waals surface area contributed by atoms with Gasteiger partial charge in [-0.2, -0.15) is 0 Å². The van der Waals surface area contributed by atoms with Crippen LogP contribution in [-0.4, -0.2) is 71.0 Å². The Balaban J connectivity index is 1.47. The van der Waals surface area contributed by atoms with Gasteiger partial charge in [0.2, 0.25) is 0 Å². The Morgan fingerprint density at radius 1 is 1.24 bits per heavy atom. The summed E-state index contributed by atoms with van der Waals surface area (Å²) in [4.78, 5) is 28.9. The standard InChI is InChI=1S/C18H22N2O5/c21-11-13-7-4-8-20(13)18(23)16-15-17(22)19(10-14(24-15)25-16)9-12-5-2-1-3-6-12/h1-3,5-6,13-16,21H,4,7-11H2/t13-,14+,15-,16+/m0/s1. The summed E-state index contributed by atoms with van der Waals surface area (Å²) in [6.07, 6.45) is -0.749. The van der Waals surface area contributed by atoms with Crippen LogP contribution in [0.2, 0.25) is 0 Å². The van der Waals surface area contributed by atoms with E-state index >= 15 is 0 Å². The summed E-state index contributed by atoms with van der Waals surface area (Å²) in [6.45, 7) is 1.31. The van der Waals surface area contributed by atoms with E-state index in [4.69, 9.17) is 9.47 Å². The van der Waals surface area contributed by atoms with Gasteiger partial charge in [0.15, 0.2) is 18.5 Å². The molecule has 1 aromatic carbocycles. The van der Waals surface area contributed by atoms with Gasteiger partial charge < -0.3 is 24.4 Å². The number of benzene rings is 1. The number of morpholine rings is 1. The molecule has 0 aliphatic carbocycles. The summed E-state index contributed by atoms with van der Waals surface area (Å²) in [5.41, 5.74) is 1.03. The fourth-order valence-electron chi connectivity index (χ4n) is 3.84. The highest BCUT2D eigenvalue weighted by molar-refractivity contribution is 5.92. The highest BCUT2D eigenvalue weighted by Gasteiger charge is 2.52. The maximum absolute atomic E-state index is 12.8. The predicted molar refractivity (Wildman–Crippen MR) is 87.2 cm³/mol. The lowest BCUT2D eigenvalue weighted by Crippen LogP contribution is -2.52. The third kappa shape index (κ3) is 3.03. The Labute approximate surface area is 146 Å². The van der Waals surface area contributed by atoms with Gasteiger partial charge in [0.25, 0.3) is 11.8 Å². The molecule has 25 heavy (non-hydrogen) atoms. The van der Waals surface area contributed by atoms with E-state index in [0.29, 0.717) is 19.6 Å². The molecule has 4 atom stereocenters. The number of carbonyl (C=O) groups excluding carboxylic acids is 2. The number of amides is 2. The van der Waals surface area contributed by atoms with E-state index in [1.165, 1.54) is 0 Å². The van der Waals surface area contributed by atoms with Crippen LogP contribution in [-0.2, 0) is 25.6 Å². The van der Waals surface area contributed by atoms with Crippen LogP contribution in [0.1, 0.15) is 18.4 Å². The molecule has 0 saturated carbocycles. The molecule has 0 aromatic heterocycles. The molecule has 4 rings (SSSR count). The molecule has 3 aliphatic rings. The van der Waals surface area contributed by atoms with Gasteiger partial charge in [0.05, 0.1) is 19.2 Å². The molecule has 7 nitrogen and oxygen atoms in total. The molecule has 3 fully saturated rings. The molecule has 3 heterocycles. The summed E-state index contributed by atoms with van der Waals surface area (Å²) in [6, 6.07) is 9.53. The monoisotopic (exact) mass is 346 g/mol. The molecule has 2 bridgehead atoms. The average molecular weight is 346 g/mol. The summed E-state index contributed by atoms with van der Waals surface area (Å²) < 4.78 is 11.3. The fraction of sp³-hybridized carbons (Fsp3) is 0.556. The van der Waals surface area contributed by atoms with Crippen LogP contribution in [0.4, 0.5) is 0 Å². The van der Waals surface area contributed by atoms with E-state index in [2.05, 4.69) is 0 Å². The first-order valence-corrected chi connectivity index (χ1v) is 8.72. The zero-order chi connectivity index (χ0) is 17.4. The first kappa shape index (κ1) is 16.5. The fourth-order valence-corrected chi connectivity index (χ4v) is 3.84.